The normalized spacial score (nSPS) is 9.90. The summed E-state index contributed by atoms with van der Waals surface area (Å²) in [4.78, 5) is 10.2. The molecule has 0 aliphatic carbocycles. The number of hydrogen-bond acceptors (Lipinski definition) is 4. The van der Waals surface area contributed by atoms with E-state index < -0.39 is 4.92 Å². The molecule has 0 aromatic heterocycles. The van der Waals surface area contributed by atoms with E-state index in [4.69, 9.17) is 5.26 Å². The van der Waals surface area contributed by atoms with Crippen molar-refractivity contribution < 1.29 is 4.92 Å². The minimum atomic E-state index is -0.547. The van der Waals surface area contributed by atoms with Gasteiger partial charge in [-0.2, -0.15) is 5.26 Å². The molecule has 0 aliphatic heterocycles. The molecular weight excluding hydrogens is 266 g/mol. The van der Waals surface area contributed by atoms with Crippen molar-refractivity contribution in [3.05, 3.63) is 69.3 Å². The van der Waals surface area contributed by atoms with Crippen molar-refractivity contribution in [1.82, 2.24) is 0 Å². The summed E-state index contributed by atoms with van der Waals surface area (Å²) in [5, 5.41) is 23.0. The number of nitrogens with one attached hydrogen (secondary N) is 1. The summed E-state index contributed by atoms with van der Waals surface area (Å²) in [6.07, 6.45) is 0.946. The molecule has 0 aliphatic rings. The second-order valence-corrected chi connectivity index (χ2v) is 4.58. The van der Waals surface area contributed by atoms with Gasteiger partial charge >= 0.3 is 0 Å². The summed E-state index contributed by atoms with van der Waals surface area (Å²) in [6.45, 7) is 2.71. The zero-order chi connectivity index (χ0) is 15.2. The fourth-order valence-electron chi connectivity index (χ4n) is 2.17. The number of aryl methyl sites for hydroxylation is 1. The number of nitro groups is 1. The maximum absolute atomic E-state index is 10.8. The number of nitriles is 1. The largest absolute Gasteiger partial charge is 0.381 e. The summed E-state index contributed by atoms with van der Waals surface area (Å²) in [6, 6.07) is 14.4. The Morgan fingerprint density at radius 1 is 1.24 bits per heavy atom. The van der Waals surface area contributed by atoms with Crippen LogP contribution in [0.5, 0.6) is 0 Å². The van der Waals surface area contributed by atoms with Crippen molar-refractivity contribution >= 4 is 11.4 Å². The van der Waals surface area contributed by atoms with Crippen molar-refractivity contribution in [2.75, 3.05) is 5.32 Å². The Balaban J connectivity index is 2.18. The molecule has 0 saturated carbocycles. The van der Waals surface area contributed by atoms with Crippen molar-refractivity contribution in [3.63, 3.8) is 0 Å². The monoisotopic (exact) mass is 281 g/mol. The van der Waals surface area contributed by atoms with Gasteiger partial charge < -0.3 is 5.32 Å². The van der Waals surface area contributed by atoms with Crippen LogP contribution in [-0.4, -0.2) is 4.92 Å². The van der Waals surface area contributed by atoms with Gasteiger partial charge in [-0.3, -0.25) is 10.1 Å². The highest BCUT2D eigenvalue weighted by molar-refractivity contribution is 5.58. The minimum Gasteiger partial charge on any atom is -0.381 e. The first kappa shape index (κ1) is 14.5. The quantitative estimate of drug-likeness (QED) is 0.670. The molecule has 0 heterocycles. The Hall–Kier alpha value is -2.87. The molecule has 2 aromatic carbocycles. The molecule has 0 saturated heterocycles. The van der Waals surface area contributed by atoms with Crippen LogP contribution in [0.25, 0.3) is 0 Å². The zero-order valence-corrected chi connectivity index (χ0v) is 11.7. The van der Waals surface area contributed by atoms with Gasteiger partial charge in [-0.1, -0.05) is 31.2 Å². The Kier molecular flexibility index (Phi) is 4.52. The van der Waals surface area contributed by atoms with E-state index in [1.54, 1.807) is 6.07 Å². The maximum atomic E-state index is 10.8. The van der Waals surface area contributed by atoms with Gasteiger partial charge in [0.15, 0.2) is 0 Å². The topological polar surface area (TPSA) is 79.0 Å². The zero-order valence-electron chi connectivity index (χ0n) is 11.7. The Morgan fingerprint density at radius 2 is 1.95 bits per heavy atom. The molecule has 5 nitrogen and oxygen atoms in total. The fourth-order valence-corrected chi connectivity index (χ4v) is 2.17. The van der Waals surface area contributed by atoms with E-state index in [0.29, 0.717) is 12.2 Å². The standard InChI is InChI=1S/C16H15N3O2/c1-2-12-5-3-4-6-13(12)11-18-15-7-8-16(19(20)21)14(9-15)10-17/h3-9,18H,2,11H2,1H3. The van der Waals surface area contributed by atoms with Crippen LogP contribution >= 0.6 is 0 Å². The fraction of sp³-hybridized carbons (Fsp3) is 0.188. The first-order chi connectivity index (χ1) is 10.2. The number of rotatable bonds is 5. The van der Waals surface area contributed by atoms with E-state index in [2.05, 4.69) is 18.3 Å². The summed E-state index contributed by atoms with van der Waals surface area (Å²) in [5.41, 5.74) is 3.03. The van der Waals surface area contributed by atoms with Crippen LogP contribution in [0, 0.1) is 21.4 Å². The third-order valence-electron chi connectivity index (χ3n) is 3.30. The predicted molar refractivity (Wildman–Crippen MR) is 81.0 cm³/mol. The van der Waals surface area contributed by atoms with Crippen molar-refractivity contribution in [1.29, 1.82) is 5.26 Å². The molecule has 0 fully saturated rings. The van der Waals surface area contributed by atoms with Gasteiger partial charge in [0.1, 0.15) is 11.6 Å². The molecule has 106 valence electrons. The average molecular weight is 281 g/mol. The number of nitrogens with zero attached hydrogens (tertiary/aromatic N) is 2. The smallest absolute Gasteiger partial charge is 0.287 e. The van der Waals surface area contributed by atoms with Crippen LogP contribution in [0.3, 0.4) is 0 Å². The lowest BCUT2D eigenvalue weighted by molar-refractivity contribution is -0.385. The molecule has 0 unspecified atom stereocenters. The third kappa shape index (κ3) is 3.37. The van der Waals surface area contributed by atoms with E-state index in [-0.39, 0.29) is 11.3 Å². The van der Waals surface area contributed by atoms with Gasteiger partial charge in [-0.25, -0.2) is 0 Å². The maximum Gasteiger partial charge on any atom is 0.287 e. The highest BCUT2D eigenvalue weighted by atomic mass is 16.6. The number of hydrogen-bond donors (Lipinski definition) is 1. The summed E-state index contributed by atoms with van der Waals surface area (Å²) >= 11 is 0. The van der Waals surface area contributed by atoms with Crippen molar-refractivity contribution in [2.45, 2.75) is 19.9 Å². The molecule has 2 rings (SSSR count). The van der Waals surface area contributed by atoms with Gasteiger partial charge in [0.05, 0.1) is 4.92 Å². The molecular formula is C16H15N3O2. The molecule has 0 spiro atoms. The van der Waals surface area contributed by atoms with E-state index in [9.17, 15) is 10.1 Å². The summed E-state index contributed by atoms with van der Waals surface area (Å²) in [7, 11) is 0. The lowest BCUT2D eigenvalue weighted by atomic mass is 10.1. The third-order valence-corrected chi connectivity index (χ3v) is 3.30. The first-order valence-corrected chi connectivity index (χ1v) is 6.65. The average Bonchev–Trinajstić information content (AvgIpc) is 2.52. The van der Waals surface area contributed by atoms with Crippen LogP contribution in [0.1, 0.15) is 23.6 Å². The van der Waals surface area contributed by atoms with Gasteiger partial charge in [0.25, 0.3) is 5.69 Å². The predicted octanol–water partition coefficient (Wildman–Crippen LogP) is 3.64. The van der Waals surface area contributed by atoms with Crippen LogP contribution in [0.2, 0.25) is 0 Å². The van der Waals surface area contributed by atoms with Gasteiger partial charge in [0.2, 0.25) is 0 Å². The van der Waals surface area contributed by atoms with Crippen LogP contribution in [-0.2, 0) is 13.0 Å². The molecule has 0 atom stereocenters. The molecule has 2 aromatic rings. The van der Waals surface area contributed by atoms with E-state index in [1.165, 1.54) is 23.3 Å². The second kappa shape index (κ2) is 6.53. The Labute approximate surface area is 123 Å². The van der Waals surface area contributed by atoms with Crippen LogP contribution in [0.4, 0.5) is 11.4 Å². The molecule has 21 heavy (non-hydrogen) atoms. The minimum absolute atomic E-state index is 0.0637. The van der Waals surface area contributed by atoms with E-state index in [1.807, 2.05) is 24.3 Å². The van der Waals surface area contributed by atoms with Crippen LogP contribution in [0.15, 0.2) is 42.5 Å². The van der Waals surface area contributed by atoms with Crippen molar-refractivity contribution in [2.24, 2.45) is 0 Å². The number of nitro benzene ring substituents is 1. The van der Waals surface area contributed by atoms with Gasteiger partial charge in [-0.15, -0.1) is 0 Å². The van der Waals surface area contributed by atoms with Crippen LogP contribution < -0.4 is 5.32 Å². The lowest BCUT2D eigenvalue weighted by Gasteiger charge is -2.10. The number of anilines is 1. The number of benzene rings is 2. The summed E-state index contributed by atoms with van der Waals surface area (Å²) in [5.74, 6) is 0. The Morgan fingerprint density at radius 3 is 2.57 bits per heavy atom. The van der Waals surface area contributed by atoms with Crippen molar-refractivity contribution in [3.8, 4) is 6.07 Å². The second-order valence-electron chi connectivity index (χ2n) is 4.58. The molecule has 0 bridgehead atoms. The lowest BCUT2D eigenvalue weighted by Crippen LogP contribution is -2.03. The highest BCUT2D eigenvalue weighted by Gasteiger charge is 2.13. The molecule has 1 N–H and O–H groups in total. The SMILES string of the molecule is CCc1ccccc1CNc1ccc([N+](=O)[O-])c(C#N)c1. The van der Waals surface area contributed by atoms with Gasteiger partial charge in [-0.05, 0) is 29.7 Å². The highest BCUT2D eigenvalue weighted by Crippen LogP contribution is 2.22. The van der Waals surface area contributed by atoms with Gasteiger partial charge in [0, 0.05) is 18.3 Å². The van der Waals surface area contributed by atoms with E-state index >= 15 is 0 Å². The first-order valence-electron chi connectivity index (χ1n) is 6.65. The van der Waals surface area contributed by atoms with E-state index in [0.717, 1.165) is 6.42 Å². The molecule has 5 heteroatoms. The molecule has 0 amide bonds. The Bertz CT molecular complexity index is 705. The molecule has 0 radical (unpaired) electrons. The summed E-state index contributed by atoms with van der Waals surface area (Å²) < 4.78 is 0.